The predicted octanol–water partition coefficient (Wildman–Crippen LogP) is 3.38. The molecule has 0 spiro atoms. The molecule has 2 saturated carbocycles. The molecule has 2 aliphatic rings. The van der Waals surface area contributed by atoms with E-state index in [0.717, 1.165) is 25.7 Å². The molecule has 0 heterocycles. The van der Waals surface area contributed by atoms with Crippen molar-refractivity contribution >= 4 is 0 Å². The quantitative estimate of drug-likeness (QED) is 0.743. The van der Waals surface area contributed by atoms with Gasteiger partial charge in [-0.15, -0.1) is 0 Å². The number of hydrogen-bond donors (Lipinski definition) is 0. The molecule has 0 aromatic heterocycles. The Morgan fingerprint density at radius 1 is 1.00 bits per heavy atom. The van der Waals surface area contributed by atoms with Crippen LogP contribution in [0.25, 0.3) is 0 Å². The van der Waals surface area contributed by atoms with E-state index in [2.05, 4.69) is 0 Å². The minimum absolute atomic E-state index is 0.0689. The summed E-state index contributed by atoms with van der Waals surface area (Å²) in [5.41, 5.74) is 0.510. The standard InChI is InChI=1S/C12H12F2O/c13-11-9(7-1-2-7)5-6-10(12(11)14)15-8-3-4-8/h5-8H,1-4H2. The highest BCUT2D eigenvalue weighted by molar-refractivity contribution is 5.35. The fourth-order valence-electron chi connectivity index (χ4n) is 1.71. The lowest BCUT2D eigenvalue weighted by atomic mass is 10.1. The van der Waals surface area contributed by atoms with Gasteiger partial charge in [-0.2, -0.15) is 4.39 Å². The highest BCUT2D eigenvalue weighted by Gasteiger charge is 2.30. The fourth-order valence-corrected chi connectivity index (χ4v) is 1.71. The molecule has 0 amide bonds. The Hall–Kier alpha value is -1.12. The molecule has 1 nitrogen and oxygen atoms in total. The molecule has 2 fully saturated rings. The zero-order chi connectivity index (χ0) is 10.4. The maximum atomic E-state index is 13.6. The summed E-state index contributed by atoms with van der Waals surface area (Å²) in [5.74, 6) is -1.23. The van der Waals surface area contributed by atoms with Gasteiger partial charge in [-0.05, 0) is 43.2 Å². The van der Waals surface area contributed by atoms with Gasteiger partial charge in [-0.25, -0.2) is 4.39 Å². The molecule has 80 valence electrons. The molecule has 0 N–H and O–H groups in total. The minimum atomic E-state index is -0.814. The van der Waals surface area contributed by atoms with Crippen molar-refractivity contribution in [3.63, 3.8) is 0 Å². The lowest BCUT2D eigenvalue weighted by Gasteiger charge is -2.08. The minimum Gasteiger partial charge on any atom is -0.487 e. The zero-order valence-electron chi connectivity index (χ0n) is 8.30. The first-order valence-electron chi connectivity index (χ1n) is 5.40. The van der Waals surface area contributed by atoms with Crippen molar-refractivity contribution in [1.82, 2.24) is 0 Å². The maximum Gasteiger partial charge on any atom is 0.200 e. The first-order valence-corrected chi connectivity index (χ1v) is 5.40. The van der Waals surface area contributed by atoms with Gasteiger partial charge in [0, 0.05) is 0 Å². The van der Waals surface area contributed by atoms with Gasteiger partial charge in [0.05, 0.1) is 6.10 Å². The summed E-state index contributed by atoms with van der Waals surface area (Å²) < 4.78 is 32.4. The lowest BCUT2D eigenvalue weighted by molar-refractivity contribution is 0.281. The molecule has 0 atom stereocenters. The van der Waals surface area contributed by atoms with Crippen LogP contribution < -0.4 is 4.74 Å². The average molecular weight is 210 g/mol. The Balaban J connectivity index is 1.91. The second-order valence-electron chi connectivity index (χ2n) is 4.37. The van der Waals surface area contributed by atoms with E-state index in [1.807, 2.05) is 0 Å². The summed E-state index contributed by atoms with van der Waals surface area (Å²) in [6.45, 7) is 0. The third-order valence-electron chi connectivity index (χ3n) is 2.91. The van der Waals surface area contributed by atoms with Gasteiger partial charge in [-0.1, -0.05) is 6.07 Å². The Bertz CT molecular complexity index is 395. The van der Waals surface area contributed by atoms with Crippen LogP contribution >= 0.6 is 0 Å². The van der Waals surface area contributed by atoms with Crippen molar-refractivity contribution < 1.29 is 13.5 Å². The molecule has 0 radical (unpaired) electrons. The SMILES string of the molecule is Fc1c(OC2CC2)ccc(C2CC2)c1F. The van der Waals surface area contributed by atoms with Crippen molar-refractivity contribution in [1.29, 1.82) is 0 Å². The molecule has 0 bridgehead atoms. The third kappa shape index (κ3) is 1.71. The van der Waals surface area contributed by atoms with Gasteiger partial charge in [0.2, 0.25) is 5.82 Å². The van der Waals surface area contributed by atoms with Crippen molar-refractivity contribution in [3.8, 4) is 5.75 Å². The Morgan fingerprint density at radius 3 is 2.33 bits per heavy atom. The van der Waals surface area contributed by atoms with Crippen molar-refractivity contribution in [3.05, 3.63) is 29.3 Å². The Morgan fingerprint density at radius 2 is 1.73 bits per heavy atom. The van der Waals surface area contributed by atoms with E-state index in [0.29, 0.717) is 5.56 Å². The predicted molar refractivity (Wildman–Crippen MR) is 52.0 cm³/mol. The van der Waals surface area contributed by atoms with E-state index in [1.165, 1.54) is 0 Å². The number of benzene rings is 1. The van der Waals surface area contributed by atoms with Crippen molar-refractivity contribution in [2.45, 2.75) is 37.7 Å². The second kappa shape index (κ2) is 3.19. The van der Waals surface area contributed by atoms with Crippen LogP contribution in [0.3, 0.4) is 0 Å². The summed E-state index contributed by atoms with van der Waals surface area (Å²) in [6, 6.07) is 3.22. The number of rotatable bonds is 3. The van der Waals surface area contributed by atoms with Crippen LogP contribution in [0.4, 0.5) is 8.78 Å². The van der Waals surface area contributed by atoms with E-state index in [1.54, 1.807) is 12.1 Å². The first-order chi connectivity index (χ1) is 7.25. The van der Waals surface area contributed by atoms with E-state index >= 15 is 0 Å². The van der Waals surface area contributed by atoms with Crippen LogP contribution in [0.5, 0.6) is 5.75 Å². The van der Waals surface area contributed by atoms with Gasteiger partial charge in [0.1, 0.15) is 0 Å². The summed E-state index contributed by atoms with van der Waals surface area (Å²) in [6.07, 6.45) is 3.94. The molecule has 1 aromatic carbocycles. The molecule has 3 heteroatoms. The molecular formula is C12H12F2O. The monoisotopic (exact) mass is 210 g/mol. The molecular weight excluding hydrogens is 198 g/mol. The van der Waals surface area contributed by atoms with Gasteiger partial charge < -0.3 is 4.74 Å². The van der Waals surface area contributed by atoms with Crippen LogP contribution in [0, 0.1) is 11.6 Å². The molecule has 0 aliphatic heterocycles. The van der Waals surface area contributed by atoms with Crippen LogP contribution in [0.15, 0.2) is 12.1 Å². The smallest absolute Gasteiger partial charge is 0.200 e. The zero-order valence-corrected chi connectivity index (χ0v) is 8.30. The van der Waals surface area contributed by atoms with Crippen molar-refractivity contribution in [2.24, 2.45) is 0 Å². The second-order valence-corrected chi connectivity index (χ2v) is 4.37. The lowest BCUT2D eigenvalue weighted by Crippen LogP contribution is -2.02. The summed E-state index contributed by atoms with van der Waals surface area (Å²) in [5, 5.41) is 0. The van der Waals surface area contributed by atoms with Crippen LogP contribution in [-0.4, -0.2) is 6.10 Å². The van der Waals surface area contributed by atoms with Gasteiger partial charge >= 0.3 is 0 Å². The van der Waals surface area contributed by atoms with Crippen LogP contribution in [-0.2, 0) is 0 Å². The third-order valence-corrected chi connectivity index (χ3v) is 2.91. The van der Waals surface area contributed by atoms with Crippen LogP contribution in [0.2, 0.25) is 0 Å². The molecule has 15 heavy (non-hydrogen) atoms. The average Bonchev–Trinajstić information content (AvgIpc) is 3.05. The van der Waals surface area contributed by atoms with Gasteiger partial charge in [-0.3, -0.25) is 0 Å². The normalized spacial score (nSPS) is 20.4. The number of hydrogen-bond acceptors (Lipinski definition) is 1. The Labute approximate surface area is 87.1 Å². The van der Waals surface area contributed by atoms with E-state index in [9.17, 15) is 8.78 Å². The highest BCUT2D eigenvalue weighted by Crippen LogP contribution is 2.43. The topological polar surface area (TPSA) is 9.23 Å². The molecule has 3 rings (SSSR count). The molecule has 0 unspecified atom stereocenters. The fraction of sp³-hybridized carbons (Fsp3) is 0.500. The summed E-state index contributed by atoms with van der Waals surface area (Å²) in [7, 11) is 0. The summed E-state index contributed by atoms with van der Waals surface area (Å²) in [4.78, 5) is 0. The van der Waals surface area contributed by atoms with Gasteiger partial charge in [0.15, 0.2) is 11.6 Å². The largest absolute Gasteiger partial charge is 0.487 e. The number of ether oxygens (including phenoxy) is 1. The number of halogens is 2. The molecule has 2 aliphatic carbocycles. The van der Waals surface area contributed by atoms with Crippen LogP contribution in [0.1, 0.15) is 37.2 Å². The first kappa shape index (κ1) is 9.13. The van der Waals surface area contributed by atoms with Crippen molar-refractivity contribution in [2.75, 3.05) is 0 Å². The van der Waals surface area contributed by atoms with E-state index < -0.39 is 11.6 Å². The van der Waals surface area contributed by atoms with E-state index in [4.69, 9.17) is 4.74 Å². The Kier molecular flexibility index (Phi) is 1.94. The molecule has 1 aromatic rings. The molecule has 0 saturated heterocycles. The maximum absolute atomic E-state index is 13.6. The summed E-state index contributed by atoms with van der Waals surface area (Å²) >= 11 is 0. The highest BCUT2D eigenvalue weighted by atomic mass is 19.2. The van der Waals surface area contributed by atoms with Gasteiger partial charge in [0.25, 0.3) is 0 Å². The van der Waals surface area contributed by atoms with E-state index in [-0.39, 0.29) is 17.8 Å².